The summed E-state index contributed by atoms with van der Waals surface area (Å²) in [4.78, 5) is 0. The molecule has 5 heteroatoms. The van der Waals surface area contributed by atoms with Crippen molar-refractivity contribution in [2.24, 2.45) is 5.92 Å². The van der Waals surface area contributed by atoms with Crippen molar-refractivity contribution >= 4 is 11.5 Å². The minimum atomic E-state index is -0.164. The van der Waals surface area contributed by atoms with Gasteiger partial charge in [-0.05, 0) is 26.7 Å². The number of anilines is 2. The second-order valence-corrected chi connectivity index (χ2v) is 4.80. The van der Waals surface area contributed by atoms with Crippen molar-refractivity contribution in [3.8, 4) is 0 Å². The van der Waals surface area contributed by atoms with E-state index >= 15 is 0 Å². The van der Waals surface area contributed by atoms with Gasteiger partial charge in [-0.1, -0.05) is 6.42 Å². The SMILES string of the molecule is CCn1nc(C)c(N)c1NCC1CCCC1O. The number of rotatable bonds is 4. The molecule has 0 bridgehead atoms. The first-order chi connectivity index (χ1) is 8.13. The van der Waals surface area contributed by atoms with Gasteiger partial charge >= 0.3 is 0 Å². The van der Waals surface area contributed by atoms with E-state index < -0.39 is 0 Å². The van der Waals surface area contributed by atoms with E-state index in [0.717, 1.165) is 49.6 Å². The van der Waals surface area contributed by atoms with Gasteiger partial charge in [0, 0.05) is 19.0 Å². The van der Waals surface area contributed by atoms with E-state index in [0.29, 0.717) is 5.92 Å². The molecular formula is C12H22N4O. The highest BCUT2D eigenvalue weighted by atomic mass is 16.3. The topological polar surface area (TPSA) is 76.1 Å². The summed E-state index contributed by atoms with van der Waals surface area (Å²) >= 11 is 0. The Hall–Kier alpha value is -1.23. The number of hydrogen-bond donors (Lipinski definition) is 3. The summed E-state index contributed by atoms with van der Waals surface area (Å²) in [5.41, 5.74) is 7.57. The molecule has 1 heterocycles. The molecular weight excluding hydrogens is 216 g/mol. The average molecular weight is 238 g/mol. The van der Waals surface area contributed by atoms with E-state index in [4.69, 9.17) is 5.73 Å². The van der Waals surface area contributed by atoms with Crippen LogP contribution in [0.3, 0.4) is 0 Å². The van der Waals surface area contributed by atoms with Crippen LogP contribution < -0.4 is 11.1 Å². The zero-order valence-corrected chi connectivity index (χ0v) is 10.6. The second kappa shape index (κ2) is 4.96. The van der Waals surface area contributed by atoms with Crippen LogP contribution in [0.15, 0.2) is 0 Å². The van der Waals surface area contributed by atoms with Crippen LogP contribution in [-0.4, -0.2) is 27.5 Å². The summed E-state index contributed by atoms with van der Waals surface area (Å²) in [7, 11) is 0. The van der Waals surface area contributed by atoms with Gasteiger partial charge in [0.2, 0.25) is 0 Å². The Morgan fingerprint density at radius 1 is 1.53 bits per heavy atom. The maximum absolute atomic E-state index is 9.77. The molecule has 0 aliphatic heterocycles. The first-order valence-corrected chi connectivity index (χ1v) is 6.38. The van der Waals surface area contributed by atoms with Crippen molar-refractivity contribution < 1.29 is 5.11 Å². The quantitative estimate of drug-likeness (QED) is 0.740. The van der Waals surface area contributed by atoms with Gasteiger partial charge in [0.25, 0.3) is 0 Å². The van der Waals surface area contributed by atoms with Gasteiger partial charge in [0.15, 0.2) is 0 Å². The van der Waals surface area contributed by atoms with Crippen LogP contribution in [0.1, 0.15) is 31.9 Å². The van der Waals surface area contributed by atoms with Gasteiger partial charge in [0.1, 0.15) is 5.82 Å². The van der Waals surface area contributed by atoms with Crippen molar-refractivity contribution in [3.63, 3.8) is 0 Å². The average Bonchev–Trinajstić information content (AvgIpc) is 2.83. The lowest BCUT2D eigenvalue weighted by Gasteiger charge is -2.16. The number of nitrogens with two attached hydrogens (primary N) is 1. The molecule has 0 amide bonds. The lowest BCUT2D eigenvalue weighted by Crippen LogP contribution is -2.23. The van der Waals surface area contributed by atoms with Gasteiger partial charge in [-0.15, -0.1) is 0 Å². The van der Waals surface area contributed by atoms with E-state index in [1.165, 1.54) is 0 Å². The number of aliphatic hydroxyl groups excluding tert-OH is 1. The highest BCUT2D eigenvalue weighted by Gasteiger charge is 2.25. The number of nitrogens with one attached hydrogen (secondary N) is 1. The monoisotopic (exact) mass is 238 g/mol. The molecule has 0 aromatic carbocycles. The fraction of sp³-hybridized carbons (Fsp3) is 0.750. The first-order valence-electron chi connectivity index (χ1n) is 6.38. The summed E-state index contributed by atoms with van der Waals surface area (Å²) < 4.78 is 1.88. The van der Waals surface area contributed by atoms with Gasteiger partial charge in [-0.25, -0.2) is 4.68 Å². The summed E-state index contributed by atoms with van der Waals surface area (Å²) in [5.74, 6) is 1.24. The van der Waals surface area contributed by atoms with Gasteiger partial charge in [-0.3, -0.25) is 0 Å². The number of aliphatic hydroxyl groups is 1. The Bertz CT molecular complexity index is 388. The van der Waals surface area contributed by atoms with Crippen molar-refractivity contribution in [1.29, 1.82) is 0 Å². The molecule has 2 rings (SSSR count). The highest BCUT2D eigenvalue weighted by Crippen LogP contribution is 2.27. The van der Waals surface area contributed by atoms with Crippen LogP contribution in [0.2, 0.25) is 0 Å². The lowest BCUT2D eigenvalue weighted by molar-refractivity contribution is 0.138. The van der Waals surface area contributed by atoms with Crippen LogP contribution in [0.4, 0.5) is 11.5 Å². The van der Waals surface area contributed by atoms with Gasteiger partial charge in [0.05, 0.1) is 17.5 Å². The van der Waals surface area contributed by atoms with E-state index in [2.05, 4.69) is 10.4 Å². The maximum Gasteiger partial charge on any atom is 0.148 e. The third kappa shape index (κ3) is 2.39. The molecule has 1 saturated carbocycles. The molecule has 0 radical (unpaired) electrons. The standard InChI is InChI=1S/C12H22N4O/c1-3-16-12(11(13)8(2)15-16)14-7-9-5-4-6-10(9)17/h9-10,14,17H,3-7,13H2,1-2H3. The Labute approximate surface area is 102 Å². The normalized spacial score (nSPS) is 24.2. The summed E-state index contributed by atoms with van der Waals surface area (Å²) in [6.45, 7) is 5.53. The molecule has 4 N–H and O–H groups in total. The third-order valence-electron chi connectivity index (χ3n) is 3.62. The zero-order chi connectivity index (χ0) is 12.4. The number of hydrogen-bond acceptors (Lipinski definition) is 4. The van der Waals surface area contributed by atoms with Crippen molar-refractivity contribution in [2.75, 3.05) is 17.6 Å². The fourth-order valence-corrected chi connectivity index (χ4v) is 2.49. The van der Waals surface area contributed by atoms with E-state index in [1.807, 2.05) is 18.5 Å². The minimum Gasteiger partial charge on any atom is -0.394 e. The third-order valence-corrected chi connectivity index (χ3v) is 3.62. The van der Waals surface area contributed by atoms with Gasteiger partial charge in [-0.2, -0.15) is 5.10 Å². The van der Waals surface area contributed by atoms with Crippen molar-refractivity contribution in [3.05, 3.63) is 5.69 Å². The Kier molecular flexibility index (Phi) is 3.57. The number of aromatic nitrogens is 2. The van der Waals surface area contributed by atoms with Crippen LogP contribution in [0.5, 0.6) is 0 Å². The Morgan fingerprint density at radius 2 is 2.29 bits per heavy atom. The van der Waals surface area contributed by atoms with Crippen molar-refractivity contribution in [2.45, 2.75) is 45.8 Å². The number of nitrogen functional groups attached to an aromatic ring is 1. The summed E-state index contributed by atoms with van der Waals surface area (Å²) in [6.07, 6.45) is 2.97. The smallest absolute Gasteiger partial charge is 0.148 e. The molecule has 1 aromatic rings. The summed E-state index contributed by atoms with van der Waals surface area (Å²) in [6, 6.07) is 0. The first kappa shape index (κ1) is 12.2. The minimum absolute atomic E-state index is 0.164. The highest BCUT2D eigenvalue weighted by molar-refractivity contribution is 5.64. The second-order valence-electron chi connectivity index (χ2n) is 4.80. The van der Waals surface area contributed by atoms with Crippen LogP contribution in [-0.2, 0) is 6.54 Å². The maximum atomic E-state index is 9.77. The molecule has 1 fully saturated rings. The molecule has 1 aliphatic rings. The van der Waals surface area contributed by atoms with Crippen molar-refractivity contribution in [1.82, 2.24) is 9.78 Å². The predicted molar refractivity (Wildman–Crippen MR) is 68.9 cm³/mol. The van der Waals surface area contributed by atoms with Crippen LogP contribution >= 0.6 is 0 Å². The van der Waals surface area contributed by atoms with E-state index in [9.17, 15) is 5.11 Å². The molecule has 96 valence electrons. The lowest BCUT2D eigenvalue weighted by atomic mass is 10.1. The number of aryl methyl sites for hydroxylation is 2. The van der Waals surface area contributed by atoms with E-state index in [1.54, 1.807) is 0 Å². The van der Waals surface area contributed by atoms with Gasteiger partial charge < -0.3 is 16.2 Å². The molecule has 5 nitrogen and oxygen atoms in total. The Morgan fingerprint density at radius 3 is 2.88 bits per heavy atom. The largest absolute Gasteiger partial charge is 0.394 e. The molecule has 1 aromatic heterocycles. The van der Waals surface area contributed by atoms with E-state index in [-0.39, 0.29) is 6.10 Å². The fourth-order valence-electron chi connectivity index (χ4n) is 2.49. The molecule has 2 atom stereocenters. The van der Waals surface area contributed by atoms with Crippen LogP contribution in [0, 0.1) is 12.8 Å². The molecule has 1 aliphatic carbocycles. The van der Waals surface area contributed by atoms with Crippen LogP contribution in [0.25, 0.3) is 0 Å². The molecule has 17 heavy (non-hydrogen) atoms. The number of nitrogens with zero attached hydrogens (tertiary/aromatic N) is 2. The zero-order valence-electron chi connectivity index (χ0n) is 10.6. The molecule has 2 unspecified atom stereocenters. The molecule has 0 spiro atoms. The molecule has 0 saturated heterocycles. The predicted octanol–water partition coefficient (Wildman–Crippen LogP) is 1.37. The summed E-state index contributed by atoms with van der Waals surface area (Å²) in [5, 5.41) is 17.5. The Balaban J connectivity index is 2.03.